The predicted molar refractivity (Wildman–Crippen MR) is 72.2 cm³/mol. The molecule has 0 unspecified atom stereocenters. The van der Waals surface area contributed by atoms with E-state index in [4.69, 9.17) is 4.74 Å². The molecule has 0 saturated heterocycles. The molecule has 0 heterocycles. The van der Waals surface area contributed by atoms with Crippen LogP contribution in [0.2, 0.25) is 0 Å². The number of hydrogen-bond acceptors (Lipinski definition) is 3. The minimum atomic E-state index is -0.261. The Hall–Kier alpha value is -1.51. The van der Waals surface area contributed by atoms with Gasteiger partial charge >= 0.3 is 5.97 Å². The summed E-state index contributed by atoms with van der Waals surface area (Å²) in [5.41, 5.74) is 2.17. The number of esters is 1. The second-order valence-corrected chi connectivity index (χ2v) is 5.60. The van der Waals surface area contributed by atoms with Crippen molar-refractivity contribution in [2.45, 2.75) is 53.4 Å². The molecule has 0 bridgehead atoms. The first kappa shape index (κ1) is 14.6. The molecule has 3 nitrogen and oxygen atoms in total. The van der Waals surface area contributed by atoms with Crippen molar-refractivity contribution in [2.75, 3.05) is 0 Å². The third-order valence-corrected chi connectivity index (χ3v) is 3.14. The summed E-state index contributed by atoms with van der Waals surface area (Å²) in [5.74, 6) is 0.571. The standard InChI is InChI=1S/C15H22O3/c1-7-13(16)18-12-8-11(15(4,5)6)14(17)10(3)9(12)2/h8,17H,7H2,1-6H3. The van der Waals surface area contributed by atoms with E-state index in [1.807, 2.05) is 34.6 Å². The van der Waals surface area contributed by atoms with Crippen LogP contribution in [0.4, 0.5) is 0 Å². The van der Waals surface area contributed by atoms with Gasteiger partial charge in [0.15, 0.2) is 0 Å². The lowest BCUT2D eigenvalue weighted by molar-refractivity contribution is -0.134. The van der Waals surface area contributed by atoms with E-state index in [9.17, 15) is 9.90 Å². The van der Waals surface area contributed by atoms with Crippen molar-refractivity contribution >= 4 is 5.97 Å². The molecule has 0 spiro atoms. The Morgan fingerprint density at radius 1 is 1.28 bits per heavy atom. The number of aromatic hydroxyl groups is 1. The van der Waals surface area contributed by atoms with Crippen molar-refractivity contribution in [1.82, 2.24) is 0 Å². The quantitative estimate of drug-likeness (QED) is 0.644. The third kappa shape index (κ3) is 2.84. The van der Waals surface area contributed by atoms with E-state index in [0.29, 0.717) is 12.2 Å². The highest BCUT2D eigenvalue weighted by atomic mass is 16.5. The summed E-state index contributed by atoms with van der Waals surface area (Å²) < 4.78 is 5.32. The van der Waals surface area contributed by atoms with Gasteiger partial charge in [-0.15, -0.1) is 0 Å². The normalized spacial score (nSPS) is 11.4. The second kappa shape index (κ2) is 5.01. The minimum Gasteiger partial charge on any atom is -0.507 e. The van der Waals surface area contributed by atoms with Crippen molar-refractivity contribution in [3.63, 3.8) is 0 Å². The van der Waals surface area contributed by atoms with Crippen molar-refractivity contribution in [3.05, 3.63) is 22.8 Å². The first-order valence-corrected chi connectivity index (χ1v) is 6.22. The molecule has 1 aromatic rings. The molecule has 1 aromatic carbocycles. The molecular weight excluding hydrogens is 228 g/mol. The maximum absolute atomic E-state index is 11.4. The molecule has 3 heteroatoms. The zero-order chi connectivity index (χ0) is 14.1. The molecule has 0 saturated carbocycles. The molecule has 0 fully saturated rings. The zero-order valence-electron chi connectivity index (χ0n) is 12.0. The number of carbonyl (C=O) groups is 1. The smallest absolute Gasteiger partial charge is 0.310 e. The summed E-state index contributed by atoms with van der Waals surface area (Å²) >= 11 is 0. The molecule has 100 valence electrons. The summed E-state index contributed by atoms with van der Waals surface area (Å²) in [5, 5.41) is 10.2. The van der Waals surface area contributed by atoms with Crippen LogP contribution in [0.3, 0.4) is 0 Å². The molecule has 0 atom stereocenters. The van der Waals surface area contributed by atoms with E-state index in [2.05, 4.69) is 0 Å². The van der Waals surface area contributed by atoms with Gasteiger partial charge in [0, 0.05) is 12.0 Å². The van der Waals surface area contributed by atoms with Crippen molar-refractivity contribution < 1.29 is 14.6 Å². The van der Waals surface area contributed by atoms with Gasteiger partial charge in [0.25, 0.3) is 0 Å². The van der Waals surface area contributed by atoms with Crippen LogP contribution in [0.25, 0.3) is 0 Å². The molecule has 0 aliphatic carbocycles. The highest BCUT2D eigenvalue weighted by Crippen LogP contribution is 2.39. The maximum atomic E-state index is 11.4. The first-order valence-electron chi connectivity index (χ1n) is 6.22. The van der Waals surface area contributed by atoms with Gasteiger partial charge < -0.3 is 9.84 Å². The van der Waals surface area contributed by atoms with Gasteiger partial charge in [-0.25, -0.2) is 0 Å². The number of phenols is 1. The van der Waals surface area contributed by atoms with E-state index < -0.39 is 0 Å². The van der Waals surface area contributed by atoms with E-state index in [0.717, 1.165) is 16.7 Å². The average molecular weight is 250 g/mol. The molecule has 0 amide bonds. The highest BCUT2D eigenvalue weighted by molar-refractivity contribution is 5.73. The van der Waals surface area contributed by atoms with Gasteiger partial charge in [-0.1, -0.05) is 27.7 Å². The van der Waals surface area contributed by atoms with Crippen LogP contribution in [0.5, 0.6) is 11.5 Å². The van der Waals surface area contributed by atoms with Crippen molar-refractivity contribution in [3.8, 4) is 11.5 Å². The Morgan fingerprint density at radius 3 is 2.28 bits per heavy atom. The lowest BCUT2D eigenvalue weighted by Crippen LogP contribution is -2.14. The molecular formula is C15H22O3. The van der Waals surface area contributed by atoms with Gasteiger partial charge in [0.05, 0.1) is 0 Å². The monoisotopic (exact) mass is 250 g/mol. The van der Waals surface area contributed by atoms with Gasteiger partial charge in [-0.2, -0.15) is 0 Å². The number of rotatable bonds is 2. The maximum Gasteiger partial charge on any atom is 0.310 e. The van der Waals surface area contributed by atoms with Crippen LogP contribution in [0, 0.1) is 13.8 Å². The Labute approximate surface area is 109 Å². The van der Waals surface area contributed by atoms with Crippen molar-refractivity contribution in [2.24, 2.45) is 0 Å². The zero-order valence-corrected chi connectivity index (χ0v) is 12.0. The average Bonchev–Trinajstić information content (AvgIpc) is 2.28. The van der Waals surface area contributed by atoms with Crippen LogP contribution < -0.4 is 4.74 Å². The summed E-state index contributed by atoms with van der Waals surface area (Å²) in [4.78, 5) is 11.4. The molecule has 1 rings (SSSR count). The van der Waals surface area contributed by atoms with Crippen LogP contribution in [-0.4, -0.2) is 11.1 Å². The lowest BCUT2D eigenvalue weighted by Gasteiger charge is -2.23. The summed E-state index contributed by atoms with van der Waals surface area (Å²) in [6.07, 6.45) is 0.338. The largest absolute Gasteiger partial charge is 0.507 e. The summed E-state index contributed by atoms with van der Waals surface area (Å²) in [7, 11) is 0. The third-order valence-electron chi connectivity index (χ3n) is 3.14. The number of phenolic OH excluding ortho intramolecular Hbond substituents is 1. The van der Waals surface area contributed by atoms with Crippen molar-refractivity contribution in [1.29, 1.82) is 0 Å². The Kier molecular flexibility index (Phi) is 4.05. The number of hydrogen-bond donors (Lipinski definition) is 1. The predicted octanol–water partition coefficient (Wildman–Crippen LogP) is 3.62. The fourth-order valence-corrected chi connectivity index (χ4v) is 1.74. The Morgan fingerprint density at radius 2 is 1.83 bits per heavy atom. The fourth-order valence-electron chi connectivity index (χ4n) is 1.74. The Bertz CT molecular complexity index is 468. The SMILES string of the molecule is CCC(=O)Oc1cc(C(C)(C)C)c(O)c(C)c1C. The highest BCUT2D eigenvalue weighted by Gasteiger charge is 2.23. The molecule has 0 radical (unpaired) electrons. The van der Waals surface area contributed by atoms with E-state index in [-0.39, 0.29) is 17.1 Å². The van der Waals surface area contributed by atoms with Crippen LogP contribution in [0.1, 0.15) is 50.8 Å². The second-order valence-electron chi connectivity index (χ2n) is 5.60. The van der Waals surface area contributed by atoms with Crippen LogP contribution in [0.15, 0.2) is 6.07 Å². The summed E-state index contributed by atoms with van der Waals surface area (Å²) in [6.45, 7) is 11.5. The molecule has 18 heavy (non-hydrogen) atoms. The van der Waals surface area contributed by atoms with E-state index >= 15 is 0 Å². The number of benzene rings is 1. The molecule has 1 N–H and O–H groups in total. The Balaban J connectivity index is 3.37. The topological polar surface area (TPSA) is 46.5 Å². The van der Waals surface area contributed by atoms with Gasteiger partial charge in [0.2, 0.25) is 0 Å². The van der Waals surface area contributed by atoms with Crippen LogP contribution >= 0.6 is 0 Å². The molecule has 0 aliphatic heterocycles. The summed E-state index contributed by atoms with van der Waals surface area (Å²) in [6, 6.07) is 1.77. The lowest BCUT2D eigenvalue weighted by atomic mass is 9.84. The first-order chi connectivity index (χ1) is 8.18. The number of ether oxygens (including phenoxy) is 1. The molecule has 0 aliphatic rings. The van der Waals surface area contributed by atoms with E-state index in [1.54, 1.807) is 13.0 Å². The minimum absolute atomic E-state index is 0.198. The van der Waals surface area contributed by atoms with E-state index in [1.165, 1.54) is 0 Å². The fraction of sp³-hybridized carbons (Fsp3) is 0.533. The van der Waals surface area contributed by atoms with Gasteiger partial charge in [0.1, 0.15) is 11.5 Å². The van der Waals surface area contributed by atoms with Crippen LogP contribution in [-0.2, 0) is 10.2 Å². The molecule has 0 aromatic heterocycles. The van der Waals surface area contributed by atoms with Gasteiger partial charge in [-0.05, 0) is 36.5 Å². The number of carbonyl (C=O) groups excluding carboxylic acids is 1. The van der Waals surface area contributed by atoms with Gasteiger partial charge in [-0.3, -0.25) is 4.79 Å².